The van der Waals surface area contributed by atoms with E-state index in [0.717, 1.165) is 12.3 Å². The molecule has 0 heterocycles. The maximum Gasteiger partial charge on any atom is 0.343 e. The largest absolute Gasteiger partial charge is 0.462 e. The molecule has 172 valence electrons. The van der Waals surface area contributed by atoms with E-state index >= 15 is 0 Å². The summed E-state index contributed by atoms with van der Waals surface area (Å²) >= 11 is 0. The summed E-state index contributed by atoms with van der Waals surface area (Å²) in [6.07, 6.45) is 11.3. The number of esters is 2. The average Bonchev–Trinajstić information content (AvgIpc) is 2.83. The summed E-state index contributed by atoms with van der Waals surface area (Å²) in [6, 6.07) is 14.3. The minimum Gasteiger partial charge on any atom is -0.462 e. The second-order valence-corrected chi connectivity index (χ2v) is 8.89. The smallest absolute Gasteiger partial charge is 0.343 e. The molecule has 2 aromatic carbocycles. The topological polar surface area (TPSA) is 52.6 Å². The molecule has 4 heteroatoms. The highest BCUT2D eigenvalue weighted by Gasteiger charge is 2.22. The van der Waals surface area contributed by atoms with Crippen LogP contribution in [0.15, 0.2) is 48.5 Å². The van der Waals surface area contributed by atoms with Crippen molar-refractivity contribution in [3.8, 4) is 5.75 Å². The predicted molar refractivity (Wildman–Crippen MR) is 127 cm³/mol. The monoisotopic (exact) mass is 436 g/mol. The van der Waals surface area contributed by atoms with Gasteiger partial charge >= 0.3 is 11.9 Å². The maximum absolute atomic E-state index is 12.5. The van der Waals surface area contributed by atoms with Crippen molar-refractivity contribution in [2.75, 3.05) is 6.61 Å². The quantitative estimate of drug-likeness (QED) is 0.222. The first-order chi connectivity index (χ1) is 15.6. The van der Waals surface area contributed by atoms with Gasteiger partial charge in [-0.05, 0) is 85.9 Å². The van der Waals surface area contributed by atoms with Gasteiger partial charge in [0, 0.05) is 0 Å². The van der Waals surface area contributed by atoms with Crippen LogP contribution in [0.2, 0.25) is 0 Å². The molecule has 32 heavy (non-hydrogen) atoms. The molecule has 0 atom stereocenters. The van der Waals surface area contributed by atoms with Gasteiger partial charge in [-0.25, -0.2) is 9.59 Å². The molecule has 0 spiro atoms. The lowest BCUT2D eigenvalue weighted by Crippen LogP contribution is -2.14. The van der Waals surface area contributed by atoms with Gasteiger partial charge in [0.15, 0.2) is 0 Å². The van der Waals surface area contributed by atoms with E-state index in [1.165, 1.54) is 56.9 Å². The van der Waals surface area contributed by atoms with E-state index < -0.39 is 5.97 Å². The standard InChI is InChI=1S/C28H36O4/c1-3-5-6-7-21-8-10-22(11-9-21)23-12-14-25(15-13-23)28(30)32-26-18-16-24(17-19-26)27(29)31-20-4-2/h12-19,21-22H,3-11,20H2,1-2H3. The molecule has 0 aliphatic heterocycles. The third-order valence-electron chi connectivity index (χ3n) is 6.42. The van der Waals surface area contributed by atoms with Gasteiger partial charge in [0.05, 0.1) is 17.7 Å². The maximum atomic E-state index is 12.5. The second kappa shape index (κ2) is 12.4. The highest BCUT2D eigenvalue weighted by atomic mass is 16.5. The third kappa shape index (κ3) is 6.94. The molecule has 0 saturated heterocycles. The van der Waals surface area contributed by atoms with Gasteiger partial charge in [0.1, 0.15) is 5.75 Å². The summed E-state index contributed by atoms with van der Waals surface area (Å²) in [4.78, 5) is 24.4. The highest BCUT2D eigenvalue weighted by Crippen LogP contribution is 2.37. The zero-order valence-corrected chi connectivity index (χ0v) is 19.5. The number of rotatable bonds is 10. The Bertz CT molecular complexity index is 846. The molecule has 0 radical (unpaired) electrons. The van der Waals surface area contributed by atoms with Crippen LogP contribution in [0.3, 0.4) is 0 Å². The molecule has 3 rings (SSSR count). The van der Waals surface area contributed by atoms with Crippen LogP contribution in [0.1, 0.15) is 104 Å². The highest BCUT2D eigenvalue weighted by molar-refractivity contribution is 5.92. The van der Waals surface area contributed by atoms with Crippen LogP contribution in [0.4, 0.5) is 0 Å². The Labute approximate surface area is 192 Å². The van der Waals surface area contributed by atoms with Crippen LogP contribution in [-0.2, 0) is 4.74 Å². The SMILES string of the molecule is CCCCCC1CCC(c2ccc(C(=O)Oc3ccc(C(=O)OCCC)cc3)cc2)CC1. The number of hydrogen-bond acceptors (Lipinski definition) is 4. The van der Waals surface area contributed by atoms with Crippen molar-refractivity contribution >= 4 is 11.9 Å². The van der Waals surface area contributed by atoms with Gasteiger partial charge < -0.3 is 9.47 Å². The van der Waals surface area contributed by atoms with Crippen molar-refractivity contribution in [1.29, 1.82) is 0 Å². The minimum absolute atomic E-state index is 0.365. The minimum atomic E-state index is -0.391. The molecule has 2 aromatic rings. The molecular formula is C28H36O4. The molecule has 1 aliphatic rings. The van der Waals surface area contributed by atoms with Crippen LogP contribution in [0.25, 0.3) is 0 Å². The zero-order chi connectivity index (χ0) is 22.8. The summed E-state index contributed by atoms with van der Waals surface area (Å²) in [7, 11) is 0. The average molecular weight is 437 g/mol. The van der Waals surface area contributed by atoms with Gasteiger partial charge in [-0.2, -0.15) is 0 Å². The molecule has 1 saturated carbocycles. The van der Waals surface area contributed by atoms with Crippen molar-refractivity contribution in [2.45, 2.75) is 77.6 Å². The Morgan fingerprint density at radius 2 is 1.41 bits per heavy atom. The molecule has 1 aliphatic carbocycles. The van der Waals surface area contributed by atoms with E-state index in [4.69, 9.17) is 9.47 Å². The fourth-order valence-electron chi connectivity index (χ4n) is 4.46. The summed E-state index contributed by atoms with van der Waals surface area (Å²) in [5.74, 6) is 1.15. The zero-order valence-electron chi connectivity index (χ0n) is 19.5. The molecule has 0 N–H and O–H groups in total. The Balaban J connectivity index is 1.49. The summed E-state index contributed by atoms with van der Waals surface area (Å²) in [5.41, 5.74) is 2.31. The van der Waals surface area contributed by atoms with E-state index in [9.17, 15) is 9.59 Å². The lowest BCUT2D eigenvalue weighted by atomic mass is 9.77. The summed E-state index contributed by atoms with van der Waals surface area (Å²) in [6.45, 7) is 4.60. The van der Waals surface area contributed by atoms with Crippen molar-refractivity contribution in [3.05, 3.63) is 65.2 Å². The first-order valence-corrected chi connectivity index (χ1v) is 12.2. The molecular weight excluding hydrogens is 400 g/mol. The molecule has 0 amide bonds. The third-order valence-corrected chi connectivity index (χ3v) is 6.42. The predicted octanol–water partition coefficient (Wildman–Crippen LogP) is 7.33. The molecule has 0 bridgehead atoms. The number of benzene rings is 2. The lowest BCUT2D eigenvalue weighted by molar-refractivity contribution is 0.0505. The molecule has 0 aromatic heterocycles. The van der Waals surface area contributed by atoms with Crippen LogP contribution < -0.4 is 4.74 Å². The Hall–Kier alpha value is -2.62. The summed E-state index contributed by atoms with van der Waals surface area (Å²) < 4.78 is 10.6. The van der Waals surface area contributed by atoms with Crippen LogP contribution in [0.5, 0.6) is 5.75 Å². The van der Waals surface area contributed by atoms with E-state index in [1.807, 2.05) is 19.1 Å². The Kier molecular flexibility index (Phi) is 9.33. The number of hydrogen-bond donors (Lipinski definition) is 0. The molecule has 0 unspecified atom stereocenters. The fraction of sp³-hybridized carbons (Fsp3) is 0.500. The fourth-order valence-corrected chi connectivity index (χ4v) is 4.46. The van der Waals surface area contributed by atoms with Crippen molar-refractivity contribution in [2.24, 2.45) is 5.92 Å². The van der Waals surface area contributed by atoms with Crippen LogP contribution in [-0.4, -0.2) is 18.5 Å². The number of carbonyl (C=O) groups excluding carboxylic acids is 2. The first-order valence-electron chi connectivity index (χ1n) is 12.2. The van der Waals surface area contributed by atoms with Gasteiger partial charge in [0.2, 0.25) is 0 Å². The number of carbonyl (C=O) groups is 2. The normalized spacial score (nSPS) is 18.2. The van der Waals surface area contributed by atoms with Crippen LogP contribution in [0, 0.1) is 5.92 Å². The Morgan fingerprint density at radius 1 is 0.781 bits per heavy atom. The van der Waals surface area contributed by atoms with Crippen LogP contribution >= 0.6 is 0 Å². The van der Waals surface area contributed by atoms with Gasteiger partial charge in [0.25, 0.3) is 0 Å². The van der Waals surface area contributed by atoms with E-state index in [1.54, 1.807) is 24.3 Å². The number of ether oxygens (including phenoxy) is 2. The lowest BCUT2D eigenvalue weighted by Gasteiger charge is -2.29. The van der Waals surface area contributed by atoms with Crippen molar-refractivity contribution in [1.82, 2.24) is 0 Å². The molecule has 4 nitrogen and oxygen atoms in total. The van der Waals surface area contributed by atoms with Gasteiger partial charge in [-0.3, -0.25) is 0 Å². The van der Waals surface area contributed by atoms with Gasteiger partial charge in [-0.15, -0.1) is 0 Å². The second-order valence-electron chi connectivity index (χ2n) is 8.89. The van der Waals surface area contributed by atoms with E-state index in [-0.39, 0.29) is 5.97 Å². The first kappa shape index (κ1) is 24.0. The van der Waals surface area contributed by atoms with Gasteiger partial charge in [-0.1, -0.05) is 51.7 Å². The molecule has 1 fully saturated rings. The summed E-state index contributed by atoms with van der Waals surface area (Å²) in [5, 5.41) is 0. The van der Waals surface area contributed by atoms with E-state index in [2.05, 4.69) is 19.1 Å². The van der Waals surface area contributed by atoms with E-state index in [0.29, 0.717) is 29.4 Å². The van der Waals surface area contributed by atoms with Crippen molar-refractivity contribution in [3.63, 3.8) is 0 Å². The van der Waals surface area contributed by atoms with Crippen molar-refractivity contribution < 1.29 is 19.1 Å². The Morgan fingerprint density at radius 3 is 2.03 bits per heavy atom. The number of unbranched alkanes of at least 4 members (excludes halogenated alkanes) is 2.